The SMILES string of the molecule is COc1c(C(F)F)cnc(CO)c1C#N. The van der Waals surface area contributed by atoms with Gasteiger partial charge in [0.2, 0.25) is 0 Å². The van der Waals surface area contributed by atoms with Gasteiger partial charge in [0.25, 0.3) is 6.43 Å². The Labute approximate surface area is 84.7 Å². The maximum Gasteiger partial charge on any atom is 0.268 e. The van der Waals surface area contributed by atoms with Crippen LogP contribution in [-0.4, -0.2) is 17.2 Å². The van der Waals surface area contributed by atoms with E-state index in [-0.39, 0.29) is 17.0 Å². The quantitative estimate of drug-likeness (QED) is 0.825. The molecular weight excluding hydrogens is 206 g/mol. The largest absolute Gasteiger partial charge is 0.495 e. The number of nitriles is 1. The van der Waals surface area contributed by atoms with Crippen molar-refractivity contribution in [2.24, 2.45) is 0 Å². The van der Waals surface area contributed by atoms with Gasteiger partial charge in [-0.05, 0) is 0 Å². The number of aromatic nitrogens is 1. The number of halogens is 2. The van der Waals surface area contributed by atoms with Crippen molar-refractivity contribution in [1.82, 2.24) is 4.98 Å². The van der Waals surface area contributed by atoms with Crippen LogP contribution >= 0.6 is 0 Å². The molecule has 1 rings (SSSR count). The Balaban J connectivity index is 3.43. The second kappa shape index (κ2) is 4.66. The normalized spacial score (nSPS) is 10.1. The lowest BCUT2D eigenvalue weighted by Gasteiger charge is -2.10. The number of hydrogen-bond acceptors (Lipinski definition) is 4. The van der Waals surface area contributed by atoms with E-state index in [1.807, 2.05) is 0 Å². The van der Waals surface area contributed by atoms with E-state index in [0.717, 1.165) is 6.20 Å². The van der Waals surface area contributed by atoms with Crippen molar-refractivity contribution in [3.8, 4) is 11.8 Å². The maximum atomic E-state index is 12.5. The number of nitrogens with zero attached hydrogens (tertiary/aromatic N) is 2. The lowest BCUT2D eigenvalue weighted by Crippen LogP contribution is -2.02. The average molecular weight is 214 g/mol. The van der Waals surface area contributed by atoms with Crippen molar-refractivity contribution in [3.05, 3.63) is 23.0 Å². The molecule has 0 spiro atoms. The van der Waals surface area contributed by atoms with Crippen LogP contribution in [0.4, 0.5) is 8.78 Å². The summed E-state index contributed by atoms with van der Waals surface area (Å²) in [7, 11) is 1.18. The van der Waals surface area contributed by atoms with E-state index in [9.17, 15) is 8.78 Å². The van der Waals surface area contributed by atoms with Gasteiger partial charge in [0, 0.05) is 6.20 Å². The first-order chi connectivity index (χ1) is 7.15. The highest BCUT2D eigenvalue weighted by Crippen LogP contribution is 2.32. The van der Waals surface area contributed by atoms with E-state index >= 15 is 0 Å². The summed E-state index contributed by atoms with van der Waals surface area (Å²) in [6.45, 7) is -0.497. The molecule has 0 aromatic carbocycles. The van der Waals surface area contributed by atoms with Crippen molar-refractivity contribution in [2.75, 3.05) is 7.11 Å². The zero-order valence-corrected chi connectivity index (χ0v) is 7.87. The molecule has 0 amide bonds. The van der Waals surface area contributed by atoms with Crippen LogP contribution in [0.25, 0.3) is 0 Å². The second-order valence-corrected chi connectivity index (χ2v) is 2.64. The fourth-order valence-corrected chi connectivity index (χ4v) is 1.16. The topological polar surface area (TPSA) is 66.1 Å². The molecule has 4 nitrogen and oxygen atoms in total. The summed E-state index contributed by atoms with van der Waals surface area (Å²) in [5.74, 6) is -0.230. The van der Waals surface area contributed by atoms with Crippen LogP contribution in [0.1, 0.15) is 23.2 Å². The summed E-state index contributed by atoms with van der Waals surface area (Å²) >= 11 is 0. The number of ether oxygens (including phenoxy) is 1. The van der Waals surface area contributed by atoms with E-state index in [1.54, 1.807) is 6.07 Å². The second-order valence-electron chi connectivity index (χ2n) is 2.64. The molecule has 0 radical (unpaired) electrons. The number of rotatable bonds is 3. The summed E-state index contributed by atoms with van der Waals surface area (Å²) in [5.41, 5.74) is -0.581. The van der Waals surface area contributed by atoms with Crippen LogP contribution in [0.15, 0.2) is 6.20 Å². The van der Waals surface area contributed by atoms with Crippen LogP contribution in [-0.2, 0) is 6.61 Å². The zero-order valence-electron chi connectivity index (χ0n) is 7.87. The van der Waals surface area contributed by atoms with Crippen LogP contribution in [0.3, 0.4) is 0 Å². The Hall–Kier alpha value is -1.74. The van der Waals surface area contributed by atoms with Crippen molar-refractivity contribution in [3.63, 3.8) is 0 Å². The number of aliphatic hydroxyl groups is 1. The molecule has 0 aliphatic heterocycles. The van der Waals surface area contributed by atoms with Gasteiger partial charge in [0.15, 0.2) is 0 Å². The van der Waals surface area contributed by atoms with E-state index in [2.05, 4.69) is 4.98 Å². The van der Waals surface area contributed by atoms with Gasteiger partial charge in [-0.1, -0.05) is 0 Å². The molecule has 0 saturated heterocycles. The van der Waals surface area contributed by atoms with Gasteiger partial charge in [-0.2, -0.15) is 5.26 Å². The molecule has 1 aromatic rings. The molecule has 0 saturated carbocycles. The fourth-order valence-electron chi connectivity index (χ4n) is 1.16. The summed E-state index contributed by atoms with van der Waals surface area (Å²) in [6, 6.07) is 1.68. The maximum absolute atomic E-state index is 12.5. The zero-order chi connectivity index (χ0) is 11.4. The third-order valence-corrected chi connectivity index (χ3v) is 1.84. The predicted octanol–water partition coefficient (Wildman–Crippen LogP) is 1.39. The number of alkyl halides is 2. The molecule has 0 aliphatic rings. The molecule has 15 heavy (non-hydrogen) atoms. The van der Waals surface area contributed by atoms with Gasteiger partial charge < -0.3 is 9.84 Å². The van der Waals surface area contributed by atoms with E-state index in [1.165, 1.54) is 7.11 Å². The van der Waals surface area contributed by atoms with Crippen LogP contribution in [0.5, 0.6) is 5.75 Å². The van der Waals surface area contributed by atoms with Gasteiger partial charge >= 0.3 is 0 Å². The van der Waals surface area contributed by atoms with Crippen molar-refractivity contribution < 1.29 is 18.6 Å². The summed E-state index contributed by atoms with van der Waals surface area (Å²) in [4.78, 5) is 3.57. The van der Waals surface area contributed by atoms with E-state index in [4.69, 9.17) is 15.1 Å². The third kappa shape index (κ3) is 2.02. The number of aliphatic hydroxyl groups excluding tert-OH is 1. The summed E-state index contributed by atoms with van der Waals surface area (Å²) < 4.78 is 29.7. The average Bonchev–Trinajstić information content (AvgIpc) is 2.26. The van der Waals surface area contributed by atoms with Crippen molar-refractivity contribution in [2.45, 2.75) is 13.0 Å². The molecule has 0 unspecified atom stereocenters. The molecule has 0 bridgehead atoms. The Morgan fingerprint density at radius 3 is 2.73 bits per heavy atom. The van der Waals surface area contributed by atoms with E-state index in [0.29, 0.717) is 0 Å². The Morgan fingerprint density at radius 2 is 2.33 bits per heavy atom. The molecule has 6 heteroatoms. The van der Waals surface area contributed by atoms with Crippen molar-refractivity contribution >= 4 is 0 Å². The molecule has 80 valence electrons. The van der Waals surface area contributed by atoms with E-state index < -0.39 is 18.6 Å². The summed E-state index contributed by atoms with van der Waals surface area (Å²) in [6.07, 6.45) is -1.87. The molecule has 0 fully saturated rings. The minimum absolute atomic E-state index is 0.0266. The van der Waals surface area contributed by atoms with Crippen LogP contribution in [0.2, 0.25) is 0 Å². The fraction of sp³-hybridized carbons (Fsp3) is 0.333. The molecule has 1 aromatic heterocycles. The highest BCUT2D eigenvalue weighted by Gasteiger charge is 2.20. The lowest BCUT2D eigenvalue weighted by atomic mass is 10.1. The van der Waals surface area contributed by atoms with Crippen LogP contribution in [0, 0.1) is 11.3 Å². The van der Waals surface area contributed by atoms with Gasteiger partial charge in [-0.3, -0.25) is 4.98 Å². The smallest absolute Gasteiger partial charge is 0.268 e. The van der Waals surface area contributed by atoms with Crippen molar-refractivity contribution in [1.29, 1.82) is 5.26 Å². The highest BCUT2D eigenvalue weighted by molar-refractivity contribution is 5.50. The predicted molar refractivity (Wildman–Crippen MR) is 46.4 cm³/mol. The Kier molecular flexibility index (Phi) is 3.52. The first-order valence-electron chi connectivity index (χ1n) is 4.00. The minimum Gasteiger partial charge on any atom is -0.495 e. The van der Waals surface area contributed by atoms with Crippen LogP contribution < -0.4 is 4.74 Å². The Morgan fingerprint density at radius 1 is 1.67 bits per heavy atom. The van der Waals surface area contributed by atoms with Gasteiger partial charge in [0.1, 0.15) is 17.4 Å². The molecule has 0 atom stereocenters. The first kappa shape index (κ1) is 11.3. The first-order valence-corrected chi connectivity index (χ1v) is 4.00. The third-order valence-electron chi connectivity index (χ3n) is 1.84. The van der Waals surface area contributed by atoms with Gasteiger partial charge in [0.05, 0.1) is 25.0 Å². The molecule has 1 heterocycles. The Bertz CT molecular complexity index is 402. The summed E-state index contributed by atoms with van der Waals surface area (Å²) in [5, 5.41) is 17.6. The molecular formula is C9H8F2N2O2. The molecule has 1 N–H and O–H groups in total. The van der Waals surface area contributed by atoms with Gasteiger partial charge in [-0.25, -0.2) is 8.78 Å². The molecule has 0 aliphatic carbocycles. The highest BCUT2D eigenvalue weighted by atomic mass is 19.3. The standard InChI is InChI=1S/C9H8F2N2O2/c1-15-8-5(2-12)7(4-14)13-3-6(8)9(10)11/h3,9,14H,4H2,1H3. The number of pyridine rings is 1. The minimum atomic E-state index is -2.77. The van der Waals surface area contributed by atoms with Gasteiger partial charge in [-0.15, -0.1) is 0 Å². The number of methoxy groups -OCH3 is 1. The monoisotopic (exact) mass is 214 g/mol. The lowest BCUT2D eigenvalue weighted by molar-refractivity contribution is 0.146. The number of hydrogen-bond donors (Lipinski definition) is 1.